The summed E-state index contributed by atoms with van der Waals surface area (Å²) in [5.74, 6) is 2.43. The molecule has 1 heteroatoms. The molecule has 0 amide bonds. The Balaban J connectivity index is 2.51. The van der Waals surface area contributed by atoms with Crippen molar-refractivity contribution in [3.63, 3.8) is 0 Å². The van der Waals surface area contributed by atoms with E-state index in [1.807, 2.05) is 0 Å². The third kappa shape index (κ3) is 1.96. The Morgan fingerprint density at radius 2 is 1.91 bits per heavy atom. The van der Waals surface area contributed by atoms with Crippen molar-refractivity contribution in [3.05, 3.63) is 0 Å². The predicted molar refractivity (Wildman–Crippen MR) is 47.5 cm³/mol. The van der Waals surface area contributed by atoms with Crippen LogP contribution in [0.25, 0.3) is 0 Å². The average Bonchev–Trinajstić information content (AvgIpc) is 1.94. The molecule has 0 aliphatic carbocycles. The van der Waals surface area contributed by atoms with Crippen LogP contribution in [0.5, 0.6) is 0 Å². The maximum atomic E-state index is 5.57. The van der Waals surface area contributed by atoms with E-state index in [1.165, 1.54) is 6.42 Å². The first-order chi connectivity index (χ1) is 5.13. The highest BCUT2D eigenvalue weighted by Crippen LogP contribution is 2.31. The molecule has 11 heavy (non-hydrogen) atoms. The molecule has 0 aromatic rings. The van der Waals surface area contributed by atoms with E-state index in [9.17, 15) is 0 Å². The molecule has 1 saturated heterocycles. The minimum atomic E-state index is 0.469. The first-order valence-corrected chi connectivity index (χ1v) is 4.74. The van der Waals surface area contributed by atoms with Crippen LogP contribution < -0.4 is 0 Å². The summed E-state index contributed by atoms with van der Waals surface area (Å²) in [5.41, 5.74) is 0. The Kier molecular flexibility index (Phi) is 2.94. The smallest absolute Gasteiger partial charge is 0.0575 e. The highest BCUT2D eigenvalue weighted by Gasteiger charge is 2.29. The third-order valence-electron chi connectivity index (χ3n) is 3.10. The summed E-state index contributed by atoms with van der Waals surface area (Å²) in [4.78, 5) is 0. The van der Waals surface area contributed by atoms with Crippen molar-refractivity contribution < 1.29 is 4.74 Å². The van der Waals surface area contributed by atoms with Gasteiger partial charge in [-0.1, -0.05) is 20.8 Å². The topological polar surface area (TPSA) is 9.23 Å². The van der Waals surface area contributed by atoms with E-state index in [4.69, 9.17) is 4.74 Å². The predicted octanol–water partition coefficient (Wildman–Crippen LogP) is 2.70. The van der Waals surface area contributed by atoms with Crippen LogP contribution in [0.15, 0.2) is 0 Å². The van der Waals surface area contributed by atoms with Crippen LogP contribution in [-0.4, -0.2) is 12.7 Å². The maximum Gasteiger partial charge on any atom is 0.0575 e. The van der Waals surface area contributed by atoms with Crippen molar-refractivity contribution in [3.8, 4) is 0 Å². The summed E-state index contributed by atoms with van der Waals surface area (Å²) in [6.07, 6.45) is 1.72. The van der Waals surface area contributed by atoms with Crippen LogP contribution in [0.2, 0.25) is 0 Å². The molecular weight excluding hydrogens is 136 g/mol. The van der Waals surface area contributed by atoms with Gasteiger partial charge < -0.3 is 4.74 Å². The third-order valence-corrected chi connectivity index (χ3v) is 3.10. The highest BCUT2D eigenvalue weighted by molar-refractivity contribution is 4.77. The summed E-state index contributed by atoms with van der Waals surface area (Å²) >= 11 is 0. The number of ether oxygens (including phenoxy) is 1. The molecule has 1 rings (SSSR count). The lowest BCUT2D eigenvalue weighted by Gasteiger charge is -2.36. The van der Waals surface area contributed by atoms with Crippen molar-refractivity contribution in [1.29, 1.82) is 0 Å². The van der Waals surface area contributed by atoms with Crippen LogP contribution in [0, 0.1) is 17.8 Å². The van der Waals surface area contributed by atoms with E-state index >= 15 is 0 Å². The molecule has 0 aromatic carbocycles. The minimum absolute atomic E-state index is 0.469. The van der Waals surface area contributed by atoms with Gasteiger partial charge in [0, 0.05) is 6.61 Å². The molecule has 0 spiro atoms. The summed E-state index contributed by atoms with van der Waals surface area (Å²) < 4.78 is 5.57. The second-order valence-corrected chi connectivity index (χ2v) is 4.13. The molecule has 1 nitrogen and oxygen atoms in total. The molecule has 0 N–H and O–H groups in total. The van der Waals surface area contributed by atoms with Gasteiger partial charge in [-0.15, -0.1) is 0 Å². The fourth-order valence-electron chi connectivity index (χ4n) is 2.09. The van der Waals surface area contributed by atoms with Crippen molar-refractivity contribution in [2.45, 2.75) is 40.2 Å². The van der Waals surface area contributed by atoms with Gasteiger partial charge in [-0.25, -0.2) is 0 Å². The Bertz CT molecular complexity index is 120. The zero-order valence-corrected chi connectivity index (χ0v) is 8.13. The summed E-state index contributed by atoms with van der Waals surface area (Å²) in [7, 11) is 0. The largest absolute Gasteiger partial charge is 0.378 e. The van der Waals surface area contributed by atoms with Crippen molar-refractivity contribution in [1.82, 2.24) is 0 Å². The van der Waals surface area contributed by atoms with E-state index in [0.29, 0.717) is 6.10 Å². The van der Waals surface area contributed by atoms with Crippen LogP contribution in [0.3, 0.4) is 0 Å². The molecule has 1 aliphatic heterocycles. The van der Waals surface area contributed by atoms with Crippen molar-refractivity contribution in [2.24, 2.45) is 17.8 Å². The first kappa shape index (κ1) is 9.05. The monoisotopic (exact) mass is 156 g/mol. The molecule has 3 unspecified atom stereocenters. The van der Waals surface area contributed by atoms with Crippen LogP contribution in [0.4, 0.5) is 0 Å². The van der Waals surface area contributed by atoms with Gasteiger partial charge in [0.25, 0.3) is 0 Å². The second-order valence-electron chi connectivity index (χ2n) is 4.13. The summed E-state index contributed by atoms with van der Waals surface area (Å²) in [6, 6.07) is 0. The quantitative estimate of drug-likeness (QED) is 0.567. The van der Waals surface area contributed by atoms with E-state index in [0.717, 1.165) is 24.4 Å². The van der Waals surface area contributed by atoms with Gasteiger partial charge in [-0.2, -0.15) is 0 Å². The van der Waals surface area contributed by atoms with Gasteiger partial charge >= 0.3 is 0 Å². The van der Waals surface area contributed by atoms with Gasteiger partial charge in [0.05, 0.1) is 6.10 Å². The lowest BCUT2D eigenvalue weighted by atomic mass is 9.78. The van der Waals surface area contributed by atoms with Gasteiger partial charge in [0.15, 0.2) is 0 Å². The molecule has 1 aliphatic rings. The molecule has 66 valence electrons. The van der Waals surface area contributed by atoms with Crippen LogP contribution >= 0.6 is 0 Å². The summed E-state index contributed by atoms with van der Waals surface area (Å²) in [6.45, 7) is 10.1. The fraction of sp³-hybridized carbons (Fsp3) is 1.00. The van der Waals surface area contributed by atoms with Crippen LogP contribution in [0.1, 0.15) is 34.1 Å². The van der Waals surface area contributed by atoms with Crippen molar-refractivity contribution in [2.75, 3.05) is 6.61 Å². The molecular formula is C10H20O. The Morgan fingerprint density at radius 1 is 1.27 bits per heavy atom. The van der Waals surface area contributed by atoms with Gasteiger partial charge in [0.2, 0.25) is 0 Å². The molecule has 0 saturated carbocycles. The summed E-state index contributed by atoms with van der Waals surface area (Å²) in [5, 5.41) is 0. The number of hydrogen-bond donors (Lipinski definition) is 0. The van der Waals surface area contributed by atoms with Crippen molar-refractivity contribution >= 4 is 0 Å². The number of rotatable bonds is 1. The Hall–Kier alpha value is -0.0400. The minimum Gasteiger partial charge on any atom is -0.378 e. The SMILES string of the molecule is CC(C)C1CCOC(C)C1C. The van der Waals surface area contributed by atoms with Gasteiger partial charge in [-0.3, -0.25) is 0 Å². The van der Waals surface area contributed by atoms with E-state index < -0.39 is 0 Å². The molecule has 0 aromatic heterocycles. The maximum absolute atomic E-state index is 5.57. The number of hydrogen-bond acceptors (Lipinski definition) is 1. The molecule has 0 radical (unpaired) electrons. The standard InChI is InChI=1S/C10H20O/c1-7(2)10-5-6-11-9(4)8(10)3/h7-10H,5-6H2,1-4H3. The van der Waals surface area contributed by atoms with Gasteiger partial charge in [0.1, 0.15) is 0 Å². The second kappa shape index (κ2) is 3.57. The van der Waals surface area contributed by atoms with Gasteiger partial charge in [-0.05, 0) is 31.1 Å². The zero-order chi connectivity index (χ0) is 8.43. The Morgan fingerprint density at radius 3 is 2.36 bits per heavy atom. The molecule has 1 fully saturated rings. The van der Waals surface area contributed by atoms with Crippen LogP contribution in [-0.2, 0) is 4.74 Å². The highest BCUT2D eigenvalue weighted by atomic mass is 16.5. The lowest BCUT2D eigenvalue weighted by molar-refractivity contribution is -0.0510. The Labute approximate surface area is 70.1 Å². The lowest BCUT2D eigenvalue weighted by Crippen LogP contribution is -2.35. The zero-order valence-electron chi connectivity index (χ0n) is 8.13. The first-order valence-electron chi connectivity index (χ1n) is 4.74. The van der Waals surface area contributed by atoms with E-state index in [-0.39, 0.29) is 0 Å². The van der Waals surface area contributed by atoms with E-state index in [2.05, 4.69) is 27.7 Å². The fourth-order valence-corrected chi connectivity index (χ4v) is 2.09. The van der Waals surface area contributed by atoms with E-state index in [1.54, 1.807) is 0 Å². The molecule has 0 bridgehead atoms. The average molecular weight is 156 g/mol. The molecule has 3 atom stereocenters. The molecule has 1 heterocycles. The normalized spacial score (nSPS) is 39.5.